The molecule has 2 aromatic rings. The summed E-state index contributed by atoms with van der Waals surface area (Å²) >= 11 is 1.72. The van der Waals surface area contributed by atoms with E-state index in [-0.39, 0.29) is 6.04 Å². The summed E-state index contributed by atoms with van der Waals surface area (Å²) in [6.45, 7) is 2.06. The molecule has 0 saturated carbocycles. The maximum atomic E-state index is 11.6. The molecular formula is C14H17NO2S2. The zero-order valence-corrected chi connectivity index (χ0v) is 12.8. The van der Waals surface area contributed by atoms with Crippen molar-refractivity contribution in [2.24, 2.45) is 0 Å². The summed E-state index contributed by atoms with van der Waals surface area (Å²) < 4.78 is 23.2. The molecular weight excluding hydrogens is 278 g/mol. The lowest BCUT2D eigenvalue weighted by molar-refractivity contribution is 0.601. The smallest absolute Gasteiger partial charge is 0.175 e. The maximum Gasteiger partial charge on any atom is 0.175 e. The van der Waals surface area contributed by atoms with Gasteiger partial charge in [-0.2, -0.15) is 0 Å². The van der Waals surface area contributed by atoms with Crippen molar-refractivity contribution < 1.29 is 8.42 Å². The minimum Gasteiger partial charge on any atom is -0.309 e. The number of sulfone groups is 1. The Kier molecular flexibility index (Phi) is 4.08. The fraction of sp³-hybridized carbons (Fsp3) is 0.286. The summed E-state index contributed by atoms with van der Waals surface area (Å²) in [4.78, 5) is 2.79. The molecule has 0 aliphatic heterocycles. The van der Waals surface area contributed by atoms with Gasteiger partial charge in [0.25, 0.3) is 0 Å². The first-order valence-electron chi connectivity index (χ1n) is 5.95. The number of nitrogens with one attached hydrogen (secondary N) is 1. The number of hydrogen-bond acceptors (Lipinski definition) is 4. The Balaban J connectivity index is 2.45. The Bertz CT molecular complexity index is 674. The summed E-state index contributed by atoms with van der Waals surface area (Å²) in [5, 5.41) is 3.24. The molecule has 0 amide bonds. The highest BCUT2D eigenvalue weighted by molar-refractivity contribution is 7.90. The molecule has 1 aromatic heterocycles. The van der Waals surface area contributed by atoms with E-state index in [0.29, 0.717) is 4.90 Å². The Morgan fingerprint density at radius 2 is 1.95 bits per heavy atom. The molecule has 3 nitrogen and oxygen atoms in total. The average molecular weight is 295 g/mol. The van der Waals surface area contributed by atoms with Crippen LogP contribution in [0.25, 0.3) is 0 Å². The van der Waals surface area contributed by atoms with Crippen LogP contribution in [0, 0.1) is 6.92 Å². The zero-order valence-electron chi connectivity index (χ0n) is 11.2. The Hall–Kier alpha value is -1.17. The molecule has 1 N–H and O–H groups in total. The lowest BCUT2D eigenvalue weighted by Gasteiger charge is -2.15. The van der Waals surface area contributed by atoms with Crippen LogP contribution in [0.2, 0.25) is 0 Å². The molecule has 102 valence electrons. The second-order valence-electron chi connectivity index (χ2n) is 4.51. The molecule has 0 bridgehead atoms. The van der Waals surface area contributed by atoms with Gasteiger partial charge in [0.1, 0.15) is 0 Å². The molecule has 1 unspecified atom stereocenters. The molecule has 0 spiro atoms. The van der Waals surface area contributed by atoms with Gasteiger partial charge in [-0.25, -0.2) is 8.42 Å². The molecule has 0 aliphatic rings. The Morgan fingerprint density at radius 3 is 2.47 bits per heavy atom. The van der Waals surface area contributed by atoms with E-state index in [1.54, 1.807) is 29.5 Å². The third-order valence-corrected chi connectivity index (χ3v) is 5.13. The molecule has 5 heteroatoms. The molecule has 1 atom stereocenters. The monoisotopic (exact) mass is 295 g/mol. The average Bonchev–Trinajstić information content (AvgIpc) is 2.76. The van der Waals surface area contributed by atoms with Crippen LogP contribution in [0.15, 0.2) is 41.3 Å². The summed E-state index contributed by atoms with van der Waals surface area (Å²) in [5.41, 5.74) is 0.965. The molecule has 0 radical (unpaired) electrons. The van der Waals surface area contributed by atoms with Crippen molar-refractivity contribution >= 4 is 21.2 Å². The molecule has 19 heavy (non-hydrogen) atoms. The van der Waals surface area contributed by atoms with Crippen molar-refractivity contribution in [2.75, 3.05) is 13.3 Å². The van der Waals surface area contributed by atoms with Crippen LogP contribution >= 0.6 is 11.3 Å². The van der Waals surface area contributed by atoms with E-state index in [1.807, 2.05) is 13.1 Å². The second kappa shape index (κ2) is 5.45. The Labute approximate surface area is 118 Å². The van der Waals surface area contributed by atoms with Gasteiger partial charge in [-0.05, 0) is 43.8 Å². The minimum atomic E-state index is -3.17. The van der Waals surface area contributed by atoms with Crippen LogP contribution in [0.1, 0.15) is 21.4 Å². The van der Waals surface area contributed by atoms with Gasteiger partial charge in [0, 0.05) is 16.0 Å². The Morgan fingerprint density at radius 1 is 1.21 bits per heavy atom. The third kappa shape index (κ3) is 3.23. The van der Waals surface area contributed by atoms with Gasteiger partial charge in [-0.15, -0.1) is 11.3 Å². The van der Waals surface area contributed by atoms with Gasteiger partial charge in [-0.1, -0.05) is 12.1 Å². The largest absolute Gasteiger partial charge is 0.309 e. The highest BCUT2D eigenvalue weighted by Gasteiger charge is 2.16. The lowest BCUT2D eigenvalue weighted by Crippen LogP contribution is -2.16. The summed E-state index contributed by atoms with van der Waals surface area (Å²) in [6, 6.07) is 11.3. The first kappa shape index (κ1) is 14.2. The van der Waals surface area contributed by atoms with Gasteiger partial charge in [0.2, 0.25) is 0 Å². The lowest BCUT2D eigenvalue weighted by atomic mass is 10.1. The van der Waals surface area contributed by atoms with Crippen LogP contribution in [0.4, 0.5) is 0 Å². The highest BCUT2D eigenvalue weighted by Crippen LogP contribution is 2.29. The minimum absolute atomic E-state index is 0.0281. The summed E-state index contributed by atoms with van der Waals surface area (Å²) in [5.74, 6) is 0. The number of aryl methyl sites for hydroxylation is 1. The number of rotatable bonds is 4. The van der Waals surface area contributed by atoms with Gasteiger partial charge in [0.05, 0.1) is 10.9 Å². The van der Waals surface area contributed by atoms with Crippen LogP contribution in [-0.4, -0.2) is 21.7 Å². The summed E-state index contributed by atoms with van der Waals surface area (Å²) in [6.07, 6.45) is 1.23. The standard InChI is InChI=1S/C14H17NO2S2/c1-10-7-8-13(18-10)14(15-2)11-5-4-6-12(9-11)19(3,16)17/h4-9,14-15H,1-3H3. The van der Waals surface area contributed by atoms with E-state index in [4.69, 9.17) is 0 Å². The predicted molar refractivity (Wildman–Crippen MR) is 79.5 cm³/mol. The van der Waals surface area contributed by atoms with Gasteiger partial charge in [-0.3, -0.25) is 0 Å². The molecule has 1 aromatic carbocycles. The number of thiophene rings is 1. The van der Waals surface area contributed by atoms with Crippen molar-refractivity contribution in [3.05, 3.63) is 51.7 Å². The van der Waals surface area contributed by atoms with Crippen LogP contribution in [0.5, 0.6) is 0 Å². The van der Waals surface area contributed by atoms with Gasteiger partial charge < -0.3 is 5.32 Å². The highest BCUT2D eigenvalue weighted by atomic mass is 32.2. The van der Waals surface area contributed by atoms with Crippen molar-refractivity contribution in [1.82, 2.24) is 5.32 Å². The number of hydrogen-bond donors (Lipinski definition) is 1. The quantitative estimate of drug-likeness (QED) is 0.943. The fourth-order valence-corrected chi connectivity index (χ4v) is 3.70. The fourth-order valence-electron chi connectivity index (χ4n) is 2.01. The van der Waals surface area contributed by atoms with E-state index < -0.39 is 9.84 Å². The topological polar surface area (TPSA) is 46.2 Å². The van der Waals surface area contributed by atoms with Gasteiger partial charge in [0.15, 0.2) is 9.84 Å². The van der Waals surface area contributed by atoms with E-state index >= 15 is 0 Å². The first-order valence-corrected chi connectivity index (χ1v) is 8.66. The van der Waals surface area contributed by atoms with Crippen molar-refractivity contribution in [1.29, 1.82) is 0 Å². The first-order chi connectivity index (χ1) is 8.91. The van der Waals surface area contributed by atoms with Crippen LogP contribution < -0.4 is 5.32 Å². The molecule has 0 saturated heterocycles. The van der Waals surface area contributed by atoms with Crippen molar-refractivity contribution in [3.63, 3.8) is 0 Å². The second-order valence-corrected chi connectivity index (χ2v) is 7.85. The molecule has 0 fully saturated rings. The normalized spacial score (nSPS) is 13.4. The van der Waals surface area contributed by atoms with E-state index in [9.17, 15) is 8.42 Å². The maximum absolute atomic E-state index is 11.6. The number of benzene rings is 1. The van der Waals surface area contributed by atoms with Crippen LogP contribution in [-0.2, 0) is 9.84 Å². The van der Waals surface area contributed by atoms with Crippen LogP contribution in [0.3, 0.4) is 0 Å². The molecule has 2 rings (SSSR count). The molecule has 0 aliphatic carbocycles. The van der Waals surface area contributed by atoms with Crippen molar-refractivity contribution in [3.8, 4) is 0 Å². The van der Waals surface area contributed by atoms with E-state index in [0.717, 1.165) is 5.56 Å². The van der Waals surface area contributed by atoms with E-state index in [1.165, 1.54) is 16.0 Å². The SMILES string of the molecule is CNC(c1cccc(S(C)(=O)=O)c1)c1ccc(C)s1. The predicted octanol–water partition coefficient (Wildman–Crippen LogP) is 2.77. The van der Waals surface area contributed by atoms with E-state index in [2.05, 4.69) is 24.4 Å². The van der Waals surface area contributed by atoms with Crippen molar-refractivity contribution in [2.45, 2.75) is 17.9 Å². The summed E-state index contributed by atoms with van der Waals surface area (Å²) in [7, 11) is -1.29. The third-order valence-electron chi connectivity index (χ3n) is 2.95. The molecule has 1 heterocycles. The van der Waals surface area contributed by atoms with Gasteiger partial charge >= 0.3 is 0 Å². The zero-order chi connectivity index (χ0) is 14.0.